The minimum atomic E-state index is -4.60. The molecule has 0 spiro atoms. The summed E-state index contributed by atoms with van der Waals surface area (Å²) in [5, 5.41) is 3.18. The van der Waals surface area contributed by atoms with Gasteiger partial charge in [-0.2, -0.15) is 13.2 Å². The molecule has 0 aliphatic carbocycles. The molecule has 116 valence electrons. The highest BCUT2D eigenvalue weighted by Crippen LogP contribution is 2.30. The number of alkyl halides is 3. The Bertz CT molecular complexity index is 524. The molecular formula is C14H16F4N2O. The first-order chi connectivity index (χ1) is 9.79. The zero-order valence-electron chi connectivity index (χ0n) is 11.5. The minimum absolute atomic E-state index is 0.104. The van der Waals surface area contributed by atoms with E-state index in [9.17, 15) is 22.4 Å². The molecule has 1 N–H and O–H groups in total. The fourth-order valence-corrected chi connectivity index (χ4v) is 2.40. The summed E-state index contributed by atoms with van der Waals surface area (Å²) in [6.07, 6.45) is -2.72. The van der Waals surface area contributed by atoms with Gasteiger partial charge in [0, 0.05) is 19.6 Å². The first-order valence-electron chi connectivity index (χ1n) is 6.64. The number of amides is 1. The molecule has 1 fully saturated rings. The van der Waals surface area contributed by atoms with Crippen LogP contribution in [0.15, 0.2) is 18.2 Å². The number of benzene rings is 1. The van der Waals surface area contributed by atoms with Crippen molar-refractivity contribution in [3.8, 4) is 0 Å². The van der Waals surface area contributed by atoms with Crippen molar-refractivity contribution in [2.24, 2.45) is 0 Å². The largest absolute Gasteiger partial charge is 0.416 e. The molecule has 21 heavy (non-hydrogen) atoms. The third-order valence-corrected chi connectivity index (χ3v) is 3.53. The van der Waals surface area contributed by atoms with Crippen molar-refractivity contribution in [2.75, 3.05) is 20.1 Å². The summed E-state index contributed by atoms with van der Waals surface area (Å²) in [5.41, 5.74) is -1.58. The molecule has 7 heteroatoms. The van der Waals surface area contributed by atoms with E-state index < -0.39 is 29.0 Å². The normalized spacial score (nSPS) is 18.8. The summed E-state index contributed by atoms with van der Waals surface area (Å²) in [7, 11) is 1.46. The molecule has 3 nitrogen and oxygen atoms in total. The molecule has 1 saturated heterocycles. The summed E-state index contributed by atoms with van der Waals surface area (Å²) >= 11 is 0. The van der Waals surface area contributed by atoms with Gasteiger partial charge in [-0.1, -0.05) is 0 Å². The molecule has 0 aromatic heterocycles. The Hall–Kier alpha value is -1.63. The second-order valence-electron chi connectivity index (χ2n) is 5.17. The highest BCUT2D eigenvalue weighted by Gasteiger charge is 2.32. The van der Waals surface area contributed by atoms with E-state index in [0.29, 0.717) is 24.7 Å². The summed E-state index contributed by atoms with van der Waals surface area (Å²) in [6, 6.07) is 1.98. The number of rotatable bonds is 3. The average Bonchev–Trinajstić information content (AvgIpc) is 2.90. The molecule has 1 aromatic rings. The average molecular weight is 304 g/mol. The Morgan fingerprint density at radius 1 is 1.43 bits per heavy atom. The molecule has 1 unspecified atom stereocenters. The van der Waals surface area contributed by atoms with E-state index in [0.717, 1.165) is 19.4 Å². The zero-order valence-corrected chi connectivity index (χ0v) is 11.5. The van der Waals surface area contributed by atoms with Gasteiger partial charge in [0.15, 0.2) is 0 Å². The standard InChI is InChI=1S/C14H16F4N2O/c1-20(8-10-3-2-6-19-10)13(21)11-7-9(14(16,17)18)4-5-12(11)15/h4-5,7,10,19H,2-3,6,8H2,1H3. The van der Waals surface area contributed by atoms with E-state index in [1.807, 2.05) is 0 Å². The van der Waals surface area contributed by atoms with Crippen LogP contribution in [0.25, 0.3) is 0 Å². The molecule has 2 rings (SSSR count). The number of nitrogens with one attached hydrogen (secondary N) is 1. The Kier molecular flexibility index (Phi) is 4.51. The fraction of sp³-hybridized carbons (Fsp3) is 0.500. The van der Waals surface area contributed by atoms with Crippen molar-refractivity contribution < 1.29 is 22.4 Å². The summed E-state index contributed by atoms with van der Waals surface area (Å²) in [5.74, 6) is -1.69. The van der Waals surface area contributed by atoms with Gasteiger partial charge in [-0.25, -0.2) is 4.39 Å². The van der Waals surface area contributed by atoms with Crippen molar-refractivity contribution in [1.82, 2.24) is 10.2 Å². The van der Waals surface area contributed by atoms with Crippen molar-refractivity contribution in [3.63, 3.8) is 0 Å². The molecule has 0 radical (unpaired) electrons. The predicted octanol–water partition coefficient (Wildman–Crippen LogP) is 2.67. The van der Waals surface area contributed by atoms with Crippen molar-refractivity contribution >= 4 is 5.91 Å². The van der Waals surface area contributed by atoms with Crippen molar-refractivity contribution in [2.45, 2.75) is 25.1 Å². The second-order valence-corrected chi connectivity index (χ2v) is 5.17. The van der Waals surface area contributed by atoms with Gasteiger partial charge in [0.2, 0.25) is 0 Å². The van der Waals surface area contributed by atoms with Crippen LogP contribution >= 0.6 is 0 Å². The lowest BCUT2D eigenvalue weighted by Crippen LogP contribution is -2.39. The molecule has 1 aliphatic rings. The number of halogens is 4. The van der Waals surface area contributed by atoms with Gasteiger partial charge in [0.05, 0.1) is 11.1 Å². The molecular weight excluding hydrogens is 288 g/mol. The van der Waals surface area contributed by atoms with Crippen LogP contribution in [0, 0.1) is 5.82 Å². The van der Waals surface area contributed by atoms with Gasteiger partial charge in [0.1, 0.15) is 5.82 Å². The Morgan fingerprint density at radius 3 is 2.71 bits per heavy atom. The van der Waals surface area contributed by atoms with E-state index in [-0.39, 0.29) is 6.04 Å². The summed E-state index contributed by atoms with van der Waals surface area (Å²) in [6.45, 7) is 1.19. The van der Waals surface area contributed by atoms with Crippen LogP contribution in [0.4, 0.5) is 17.6 Å². The van der Waals surface area contributed by atoms with Gasteiger partial charge in [-0.05, 0) is 37.6 Å². The number of likely N-dealkylation sites (N-methyl/N-ethyl adjacent to an activating group) is 1. The van der Waals surface area contributed by atoms with Gasteiger partial charge < -0.3 is 10.2 Å². The molecule has 1 aromatic carbocycles. The Labute approximate surface area is 119 Å². The molecule has 1 heterocycles. The highest BCUT2D eigenvalue weighted by atomic mass is 19.4. The third-order valence-electron chi connectivity index (χ3n) is 3.53. The molecule has 0 bridgehead atoms. The number of carbonyl (C=O) groups is 1. The quantitative estimate of drug-likeness (QED) is 0.871. The fourth-order valence-electron chi connectivity index (χ4n) is 2.40. The van der Waals surface area contributed by atoms with Gasteiger partial charge >= 0.3 is 6.18 Å². The number of carbonyl (C=O) groups excluding carboxylic acids is 1. The molecule has 1 amide bonds. The minimum Gasteiger partial charge on any atom is -0.340 e. The molecule has 1 atom stereocenters. The first kappa shape index (κ1) is 15.8. The van der Waals surface area contributed by atoms with Crippen LogP contribution in [-0.4, -0.2) is 37.0 Å². The van der Waals surface area contributed by atoms with E-state index in [2.05, 4.69) is 5.32 Å². The smallest absolute Gasteiger partial charge is 0.340 e. The molecule has 1 aliphatic heterocycles. The maximum absolute atomic E-state index is 13.7. The van der Waals surface area contributed by atoms with E-state index in [4.69, 9.17) is 0 Å². The van der Waals surface area contributed by atoms with Crippen LogP contribution in [0.2, 0.25) is 0 Å². The number of hydrogen-bond donors (Lipinski definition) is 1. The van der Waals surface area contributed by atoms with Gasteiger partial charge in [0.25, 0.3) is 5.91 Å². The van der Waals surface area contributed by atoms with Crippen LogP contribution in [0.3, 0.4) is 0 Å². The summed E-state index contributed by atoms with van der Waals surface area (Å²) < 4.78 is 51.6. The lowest BCUT2D eigenvalue weighted by atomic mass is 10.1. The first-order valence-corrected chi connectivity index (χ1v) is 6.64. The van der Waals surface area contributed by atoms with Crippen LogP contribution in [0.1, 0.15) is 28.8 Å². The lowest BCUT2D eigenvalue weighted by Gasteiger charge is -2.22. The Morgan fingerprint density at radius 2 is 2.14 bits per heavy atom. The SMILES string of the molecule is CN(CC1CCCN1)C(=O)c1cc(C(F)(F)F)ccc1F. The monoisotopic (exact) mass is 304 g/mol. The highest BCUT2D eigenvalue weighted by molar-refractivity contribution is 5.94. The lowest BCUT2D eigenvalue weighted by molar-refractivity contribution is -0.137. The predicted molar refractivity (Wildman–Crippen MR) is 69.4 cm³/mol. The van der Waals surface area contributed by atoms with Crippen molar-refractivity contribution in [1.29, 1.82) is 0 Å². The van der Waals surface area contributed by atoms with E-state index in [1.54, 1.807) is 0 Å². The maximum Gasteiger partial charge on any atom is 0.416 e. The van der Waals surface area contributed by atoms with E-state index in [1.165, 1.54) is 11.9 Å². The Balaban J connectivity index is 2.17. The van der Waals surface area contributed by atoms with Crippen LogP contribution in [0.5, 0.6) is 0 Å². The van der Waals surface area contributed by atoms with Gasteiger partial charge in [-0.3, -0.25) is 4.79 Å². The summed E-state index contributed by atoms with van der Waals surface area (Å²) in [4.78, 5) is 13.4. The molecule has 0 saturated carbocycles. The number of nitrogens with zero attached hydrogens (tertiary/aromatic N) is 1. The second kappa shape index (κ2) is 6.01. The third kappa shape index (κ3) is 3.72. The zero-order chi connectivity index (χ0) is 15.6. The van der Waals surface area contributed by atoms with Gasteiger partial charge in [-0.15, -0.1) is 0 Å². The maximum atomic E-state index is 13.7. The van der Waals surface area contributed by atoms with Crippen LogP contribution in [-0.2, 0) is 6.18 Å². The van der Waals surface area contributed by atoms with E-state index >= 15 is 0 Å². The topological polar surface area (TPSA) is 32.3 Å². The van der Waals surface area contributed by atoms with Crippen molar-refractivity contribution in [3.05, 3.63) is 35.1 Å². The number of hydrogen-bond acceptors (Lipinski definition) is 2. The van der Waals surface area contributed by atoms with Crippen LogP contribution < -0.4 is 5.32 Å².